The Balaban J connectivity index is 1.90. The van der Waals surface area contributed by atoms with Crippen molar-refractivity contribution in [2.45, 2.75) is 13.0 Å². The number of hydrogen-bond donors (Lipinski definition) is 1. The van der Waals surface area contributed by atoms with Crippen molar-refractivity contribution < 1.29 is 14.3 Å². The van der Waals surface area contributed by atoms with Crippen molar-refractivity contribution in [1.82, 2.24) is 5.32 Å². The topological polar surface area (TPSA) is 47.6 Å². The van der Waals surface area contributed by atoms with Crippen LogP contribution in [0.15, 0.2) is 48.5 Å². The number of halogens is 1. The summed E-state index contributed by atoms with van der Waals surface area (Å²) in [5, 5.41) is 2.91. The van der Waals surface area contributed by atoms with Gasteiger partial charge in [-0.3, -0.25) is 4.79 Å². The molecule has 0 aliphatic rings. The van der Waals surface area contributed by atoms with Crippen molar-refractivity contribution in [3.05, 3.63) is 57.7 Å². The van der Waals surface area contributed by atoms with E-state index in [0.29, 0.717) is 5.75 Å². The van der Waals surface area contributed by atoms with Crippen molar-refractivity contribution in [2.75, 3.05) is 13.7 Å². The zero-order valence-corrected chi connectivity index (χ0v) is 14.7. The predicted octanol–water partition coefficient (Wildman–Crippen LogP) is 3.56. The number of benzene rings is 2. The number of amides is 1. The van der Waals surface area contributed by atoms with Gasteiger partial charge in [-0.15, -0.1) is 0 Å². The van der Waals surface area contributed by atoms with Crippen molar-refractivity contribution in [3.8, 4) is 11.5 Å². The highest BCUT2D eigenvalue weighted by atomic mass is 127. The third-order valence-electron chi connectivity index (χ3n) is 3.17. The van der Waals surface area contributed by atoms with Crippen molar-refractivity contribution >= 4 is 28.5 Å². The normalized spacial score (nSPS) is 11.6. The fraction of sp³-hybridized carbons (Fsp3) is 0.235. The summed E-state index contributed by atoms with van der Waals surface area (Å²) in [5.74, 6) is 1.27. The molecule has 0 saturated heterocycles. The van der Waals surface area contributed by atoms with Gasteiger partial charge >= 0.3 is 0 Å². The van der Waals surface area contributed by atoms with E-state index in [-0.39, 0.29) is 18.6 Å². The van der Waals surface area contributed by atoms with E-state index in [1.807, 2.05) is 55.5 Å². The van der Waals surface area contributed by atoms with Crippen LogP contribution in [-0.2, 0) is 4.79 Å². The van der Waals surface area contributed by atoms with Gasteiger partial charge in [0.05, 0.1) is 13.2 Å². The molecule has 4 nitrogen and oxygen atoms in total. The molecule has 0 spiro atoms. The van der Waals surface area contributed by atoms with E-state index in [2.05, 4.69) is 27.9 Å². The Hall–Kier alpha value is -1.76. The van der Waals surface area contributed by atoms with Gasteiger partial charge in [-0.2, -0.15) is 0 Å². The molecule has 0 aromatic heterocycles. The molecule has 0 aliphatic carbocycles. The summed E-state index contributed by atoms with van der Waals surface area (Å²) in [7, 11) is 1.62. The number of carbonyl (C=O) groups is 1. The highest BCUT2D eigenvalue weighted by molar-refractivity contribution is 14.1. The van der Waals surface area contributed by atoms with Crippen LogP contribution in [0.4, 0.5) is 0 Å². The van der Waals surface area contributed by atoms with Crippen LogP contribution in [0.2, 0.25) is 0 Å². The largest absolute Gasteiger partial charge is 0.496 e. The Kier molecular flexibility index (Phi) is 6.06. The molecule has 0 aliphatic heterocycles. The minimum Gasteiger partial charge on any atom is -0.496 e. The third kappa shape index (κ3) is 4.62. The maximum Gasteiger partial charge on any atom is 0.258 e. The molecule has 5 heteroatoms. The molecule has 0 radical (unpaired) electrons. The first-order valence-corrected chi connectivity index (χ1v) is 7.98. The fourth-order valence-electron chi connectivity index (χ4n) is 2.06. The van der Waals surface area contributed by atoms with Gasteiger partial charge in [0.15, 0.2) is 6.61 Å². The van der Waals surface area contributed by atoms with Crippen LogP contribution >= 0.6 is 22.6 Å². The average Bonchev–Trinajstić information content (AvgIpc) is 2.54. The van der Waals surface area contributed by atoms with Crippen LogP contribution in [0.25, 0.3) is 0 Å². The average molecular weight is 411 g/mol. The van der Waals surface area contributed by atoms with Gasteiger partial charge in [0.25, 0.3) is 5.91 Å². The molecule has 2 aromatic carbocycles. The molecule has 0 heterocycles. The van der Waals surface area contributed by atoms with Gasteiger partial charge in [0, 0.05) is 9.13 Å². The Morgan fingerprint density at radius 3 is 2.55 bits per heavy atom. The summed E-state index contributed by atoms with van der Waals surface area (Å²) in [6, 6.07) is 15.0. The second-order valence-corrected chi connectivity index (χ2v) is 6.02. The minimum absolute atomic E-state index is 0.0138. The maximum atomic E-state index is 12.0. The Morgan fingerprint density at radius 2 is 1.86 bits per heavy atom. The highest BCUT2D eigenvalue weighted by Gasteiger charge is 2.13. The van der Waals surface area contributed by atoms with E-state index in [1.54, 1.807) is 7.11 Å². The van der Waals surface area contributed by atoms with Gasteiger partial charge in [-0.25, -0.2) is 0 Å². The second kappa shape index (κ2) is 8.03. The molecule has 1 unspecified atom stereocenters. The molecule has 22 heavy (non-hydrogen) atoms. The summed E-state index contributed by atoms with van der Waals surface area (Å²) >= 11 is 2.22. The zero-order valence-electron chi connectivity index (χ0n) is 12.5. The molecule has 0 fully saturated rings. The first-order valence-electron chi connectivity index (χ1n) is 6.91. The van der Waals surface area contributed by atoms with Gasteiger partial charge in [-0.1, -0.05) is 18.2 Å². The summed E-state index contributed by atoms with van der Waals surface area (Å²) in [6.07, 6.45) is 0. The zero-order chi connectivity index (χ0) is 15.9. The standard InChI is InChI=1S/C17H18INO3/c1-12(15-5-3-4-6-16(15)21-2)19-17(20)11-22-14-9-7-13(18)8-10-14/h3-10,12H,11H2,1-2H3,(H,19,20). The lowest BCUT2D eigenvalue weighted by molar-refractivity contribution is -0.123. The van der Waals surface area contributed by atoms with E-state index in [4.69, 9.17) is 9.47 Å². The molecule has 0 saturated carbocycles. The Bertz CT molecular complexity index is 628. The molecule has 0 bridgehead atoms. The molecule has 1 atom stereocenters. The van der Waals surface area contributed by atoms with E-state index in [9.17, 15) is 4.79 Å². The number of nitrogens with one attached hydrogen (secondary N) is 1. The van der Waals surface area contributed by atoms with Gasteiger partial charge < -0.3 is 14.8 Å². The summed E-state index contributed by atoms with van der Waals surface area (Å²) in [5.41, 5.74) is 0.938. The Morgan fingerprint density at radius 1 is 1.18 bits per heavy atom. The molecular weight excluding hydrogens is 393 g/mol. The van der Waals surface area contributed by atoms with Gasteiger partial charge in [-0.05, 0) is 59.8 Å². The number of methoxy groups -OCH3 is 1. The maximum absolute atomic E-state index is 12.0. The van der Waals surface area contributed by atoms with Crippen LogP contribution in [0.5, 0.6) is 11.5 Å². The molecule has 1 amide bonds. The number of rotatable bonds is 6. The first kappa shape index (κ1) is 16.6. The number of hydrogen-bond acceptors (Lipinski definition) is 3. The molecule has 2 aromatic rings. The van der Waals surface area contributed by atoms with Crippen molar-refractivity contribution in [1.29, 1.82) is 0 Å². The van der Waals surface area contributed by atoms with Crippen LogP contribution in [0.3, 0.4) is 0 Å². The first-order chi connectivity index (χ1) is 10.6. The second-order valence-electron chi connectivity index (χ2n) is 4.77. The quantitative estimate of drug-likeness (QED) is 0.740. The van der Waals surface area contributed by atoms with Crippen LogP contribution < -0.4 is 14.8 Å². The van der Waals surface area contributed by atoms with Crippen molar-refractivity contribution in [2.24, 2.45) is 0 Å². The van der Waals surface area contributed by atoms with Gasteiger partial charge in [0.2, 0.25) is 0 Å². The molecule has 116 valence electrons. The lowest BCUT2D eigenvalue weighted by Gasteiger charge is -2.17. The summed E-state index contributed by atoms with van der Waals surface area (Å²) < 4.78 is 11.9. The van der Waals surface area contributed by atoms with Crippen molar-refractivity contribution in [3.63, 3.8) is 0 Å². The number of ether oxygens (including phenoxy) is 2. The lowest BCUT2D eigenvalue weighted by atomic mass is 10.1. The molecule has 1 N–H and O–H groups in total. The lowest BCUT2D eigenvalue weighted by Crippen LogP contribution is -2.31. The van der Waals surface area contributed by atoms with E-state index in [0.717, 1.165) is 14.9 Å². The smallest absolute Gasteiger partial charge is 0.258 e. The molecular formula is C17H18INO3. The summed E-state index contributed by atoms with van der Waals surface area (Å²) in [4.78, 5) is 12.0. The van der Waals surface area contributed by atoms with E-state index < -0.39 is 0 Å². The monoisotopic (exact) mass is 411 g/mol. The fourth-order valence-corrected chi connectivity index (χ4v) is 2.42. The SMILES string of the molecule is COc1ccccc1C(C)NC(=O)COc1ccc(I)cc1. The van der Waals surface area contributed by atoms with Crippen LogP contribution in [0, 0.1) is 3.57 Å². The predicted molar refractivity (Wildman–Crippen MR) is 94.2 cm³/mol. The highest BCUT2D eigenvalue weighted by Crippen LogP contribution is 2.24. The summed E-state index contributed by atoms with van der Waals surface area (Å²) in [6.45, 7) is 1.90. The van der Waals surface area contributed by atoms with E-state index >= 15 is 0 Å². The van der Waals surface area contributed by atoms with Crippen LogP contribution in [-0.4, -0.2) is 19.6 Å². The number of para-hydroxylation sites is 1. The van der Waals surface area contributed by atoms with Crippen LogP contribution in [0.1, 0.15) is 18.5 Å². The molecule has 2 rings (SSSR count). The Labute approximate surface area is 144 Å². The van der Waals surface area contributed by atoms with E-state index in [1.165, 1.54) is 0 Å². The third-order valence-corrected chi connectivity index (χ3v) is 3.89. The number of carbonyl (C=O) groups excluding carboxylic acids is 1. The minimum atomic E-state index is -0.169. The van der Waals surface area contributed by atoms with Gasteiger partial charge in [0.1, 0.15) is 11.5 Å².